The van der Waals surface area contributed by atoms with Gasteiger partial charge in [0.25, 0.3) is 0 Å². The first-order chi connectivity index (χ1) is 8.88. The van der Waals surface area contributed by atoms with Gasteiger partial charge in [-0.15, -0.1) is 0 Å². The van der Waals surface area contributed by atoms with E-state index in [1.807, 2.05) is 0 Å². The summed E-state index contributed by atoms with van der Waals surface area (Å²) in [7, 11) is 0. The second-order valence-corrected chi connectivity index (χ2v) is 5.04. The van der Waals surface area contributed by atoms with Gasteiger partial charge in [-0.1, -0.05) is 0 Å². The quantitative estimate of drug-likeness (QED) is 0.801. The van der Waals surface area contributed by atoms with Crippen LogP contribution < -0.4 is 0 Å². The SMILES string of the molecule is CC(C)N1CCn2c(nc3c(C(F)(F)F)coc32)C1. The van der Waals surface area contributed by atoms with Crippen LogP contribution in [0, 0.1) is 0 Å². The van der Waals surface area contributed by atoms with Crippen LogP contribution in [0.5, 0.6) is 0 Å². The fourth-order valence-corrected chi connectivity index (χ4v) is 2.43. The molecule has 0 saturated carbocycles. The van der Waals surface area contributed by atoms with Gasteiger partial charge in [-0.3, -0.25) is 9.47 Å². The number of hydrogen-bond acceptors (Lipinski definition) is 3. The first-order valence-electron chi connectivity index (χ1n) is 6.16. The molecule has 0 aliphatic carbocycles. The third-order valence-electron chi connectivity index (χ3n) is 3.53. The van der Waals surface area contributed by atoms with E-state index in [0.717, 1.165) is 12.8 Å². The number of alkyl halides is 3. The lowest BCUT2D eigenvalue weighted by Gasteiger charge is -2.30. The van der Waals surface area contributed by atoms with Crippen LogP contribution in [0.15, 0.2) is 10.7 Å². The summed E-state index contributed by atoms with van der Waals surface area (Å²) in [4.78, 5) is 6.29. The summed E-state index contributed by atoms with van der Waals surface area (Å²) in [5, 5.41) is 0. The highest BCUT2D eigenvalue weighted by molar-refractivity contribution is 5.75. The average Bonchev–Trinajstić information content (AvgIpc) is 2.84. The van der Waals surface area contributed by atoms with E-state index in [-0.39, 0.29) is 11.2 Å². The maximum atomic E-state index is 12.8. The lowest BCUT2D eigenvalue weighted by Crippen LogP contribution is -2.38. The lowest BCUT2D eigenvalue weighted by atomic mass is 10.2. The van der Waals surface area contributed by atoms with Crippen molar-refractivity contribution in [2.24, 2.45) is 0 Å². The number of aromatic nitrogens is 2. The van der Waals surface area contributed by atoms with Crippen LogP contribution in [0.1, 0.15) is 25.2 Å². The van der Waals surface area contributed by atoms with Crippen LogP contribution in [-0.4, -0.2) is 27.0 Å². The number of imidazole rings is 1. The normalized spacial score (nSPS) is 17.4. The van der Waals surface area contributed by atoms with Gasteiger partial charge in [0.2, 0.25) is 5.71 Å². The van der Waals surface area contributed by atoms with Crippen molar-refractivity contribution in [1.82, 2.24) is 14.5 Å². The van der Waals surface area contributed by atoms with Crippen LogP contribution >= 0.6 is 0 Å². The van der Waals surface area contributed by atoms with E-state index in [0.29, 0.717) is 25.0 Å². The second-order valence-electron chi connectivity index (χ2n) is 5.04. The molecular weight excluding hydrogens is 259 g/mol. The minimum Gasteiger partial charge on any atom is -0.445 e. The van der Waals surface area contributed by atoms with Crippen molar-refractivity contribution in [3.8, 4) is 0 Å². The van der Waals surface area contributed by atoms with Crippen molar-refractivity contribution in [3.63, 3.8) is 0 Å². The maximum absolute atomic E-state index is 12.8. The van der Waals surface area contributed by atoms with Crippen molar-refractivity contribution in [2.75, 3.05) is 6.54 Å². The number of halogens is 3. The predicted octanol–water partition coefficient (Wildman–Crippen LogP) is 2.87. The molecule has 0 atom stereocenters. The van der Waals surface area contributed by atoms with Crippen LogP contribution in [-0.2, 0) is 19.3 Å². The van der Waals surface area contributed by atoms with Gasteiger partial charge in [0.05, 0.1) is 6.54 Å². The molecule has 2 aromatic heterocycles. The molecule has 0 radical (unpaired) electrons. The Morgan fingerprint density at radius 2 is 2.05 bits per heavy atom. The molecule has 0 amide bonds. The van der Waals surface area contributed by atoms with Crippen molar-refractivity contribution >= 4 is 11.2 Å². The first kappa shape index (κ1) is 12.5. The summed E-state index contributed by atoms with van der Waals surface area (Å²) in [6.45, 7) is 6.07. The Hall–Kier alpha value is -1.50. The fraction of sp³-hybridized carbons (Fsp3) is 0.583. The Morgan fingerprint density at radius 1 is 1.32 bits per heavy atom. The van der Waals surface area contributed by atoms with Crippen LogP contribution in [0.25, 0.3) is 11.2 Å². The number of furan rings is 1. The molecule has 19 heavy (non-hydrogen) atoms. The number of hydrogen-bond donors (Lipinski definition) is 0. The monoisotopic (exact) mass is 273 g/mol. The van der Waals surface area contributed by atoms with E-state index < -0.39 is 11.7 Å². The zero-order chi connectivity index (χ0) is 13.8. The lowest BCUT2D eigenvalue weighted by molar-refractivity contribution is -0.136. The largest absolute Gasteiger partial charge is 0.445 e. The van der Waals surface area contributed by atoms with Gasteiger partial charge in [-0.25, -0.2) is 4.98 Å². The Kier molecular flexibility index (Phi) is 2.63. The van der Waals surface area contributed by atoms with Crippen molar-refractivity contribution in [2.45, 2.75) is 39.2 Å². The molecule has 1 aliphatic heterocycles. The zero-order valence-electron chi connectivity index (χ0n) is 10.7. The molecule has 0 aromatic carbocycles. The Balaban J connectivity index is 2.07. The van der Waals surface area contributed by atoms with Gasteiger partial charge in [-0.2, -0.15) is 13.2 Å². The molecule has 0 bridgehead atoms. The molecule has 104 valence electrons. The predicted molar refractivity (Wildman–Crippen MR) is 62.5 cm³/mol. The first-order valence-corrected chi connectivity index (χ1v) is 6.16. The van der Waals surface area contributed by atoms with Gasteiger partial charge in [0.1, 0.15) is 23.2 Å². The molecular formula is C12H14F3N3O. The van der Waals surface area contributed by atoms with Crippen molar-refractivity contribution in [3.05, 3.63) is 17.7 Å². The number of fused-ring (bicyclic) bond motifs is 3. The molecule has 0 N–H and O–H groups in total. The zero-order valence-corrected chi connectivity index (χ0v) is 10.7. The van der Waals surface area contributed by atoms with Crippen molar-refractivity contribution < 1.29 is 17.6 Å². The summed E-state index contributed by atoms with van der Waals surface area (Å²) < 4.78 is 45.2. The van der Waals surface area contributed by atoms with Crippen LogP contribution in [0.2, 0.25) is 0 Å². The molecule has 7 heteroatoms. The van der Waals surface area contributed by atoms with Gasteiger partial charge in [-0.05, 0) is 13.8 Å². The third kappa shape index (κ3) is 1.92. The van der Waals surface area contributed by atoms with E-state index in [1.54, 1.807) is 4.57 Å². The molecule has 0 fully saturated rings. The van der Waals surface area contributed by atoms with Crippen molar-refractivity contribution in [1.29, 1.82) is 0 Å². The summed E-state index contributed by atoms with van der Waals surface area (Å²) in [5.74, 6) is 0.639. The topological polar surface area (TPSA) is 34.2 Å². The Morgan fingerprint density at radius 3 is 2.68 bits per heavy atom. The molecule has 1 aliphatic rings. The van der Waals surface area contributed by atoms with Gasteiger partial charge in [0, 0.05) is 19.1 Å². The fourth-order valence-electron chi connectivity index (χ4n) is 2.43. The standard InChI is InChI=1S/C12H14F3N3O/c1-7(2)17-3-4-18-9(5-17)16-10-8(12(13,14)15)6-19-11(10)18/h6-7H,3-5H2,1-2H3. The summed E-state index contributed by atoms with van der Waals surface area (Å²) in [6.07, 6.45) is -3.67. The summed E-state index contributed by atoms with van der Waals surface area (Å²) in [5.41, 5.74) is -0.640. The van der Waals surface area contributed by atoms with E-state index in [4.69, 9.17) is 4.42 Å². The molecule has 3 rings (SSSR count). The maximum Gasteiger partial charge on any atom is 0.421 e. The molecule has 0 saturated heterocycles. The third-order valence-corrected chi connectivity index (χ3v) is 3.53. The smallest absolute Gasteiger partial charge is 0.421 e. The molecule has 0 unspecified atom stereocenters. The number of nitrogens with zero attached hydrogens (tertiary/aromatic N) is 3. The minimum atomic E-state index is -4.42. The highest BCUT2D eigenvalue weighted by Crippen LogP contribution is 2.36. The molecule has 2 aromatic rings. The van der Waals surface area contributed by atoms with Crippen LogP contribution in [0.4, 0.5) is 13.2 Å². The van der Waals surface area contributed by atoms with E-state index >= 15 is 0 Å². The van der Waals surface area contributed by atoms with Crippen LogP contribution in [0.3, 0.4) is 0 Å². The summed E-state index contributed by atoms with van der Waals surface area (Å²) in [6, 6.07) is 0.346. The molecule has 3 heterocycles. The number of rotatable bonds is 1. The van der Waals surface area contributed by atoms with Gasteiger partial charge in [0.15, 0.2) is 0 Å². The minimum absolute atomic E-state index is 0.0758. The van der Waals surface area contributed by atoms with Gasteiger partial charge >= 0.3 is 6.18 Å². The molecule has 4 nitrogen and oxygen atoms in total. The van der Waals surface area contributed by atoms with E-state index in [1.165, 1.54) is 0 Å². The van der Waals surface area contributed by atoms with E-state index in [9.17, 15) is 13.2 Å². The molecule has 0 spiro atoms. The van der Waals surface area contributed by atoms with Gasteiger partial charge < -0.3 is 4.42 Å². The average molecular weight is 273 g/mol. The Bertz CT molecular complexity index is 612. The second kappa shape index (κ2) is 4.00. The Labute approximate surface area is 107 Å². The highest BCUT2D eigenvalue weighted by Gasteiger charge is 2.37. The highest BCUT2D eigenvalue weighted by atomic mass is 19.4. The van der Waals surface area contributed by atoms with E-state index in [2.05, 4.69) is 23.7 Å². The summed E-state index contributed by atoms with van der Waals surface area (Å²) >= 11 is 0.